The van der Waals surface area contributed by atoms with E-state index in [1.165, 1.54) is 13.8 Å². The van der Waals surface area contributed by atoms with Crippen LogP contribution in [0.3, 0.4) is 0 Å². The Balaban J connectivity index is 5.05. The summed E-state index contributed by atoms with van der Waals surface area (Å²) in [5.41, 5.74) is 5.84. The molecule has 1 atom stereocenters. The number of carbonyl (C=O) groups excluding carboxylic acids is 4. The Bertz CT molecular complexity index is 644. The first-order chi connectivity index (χ1) is 12.7. The van der Waals surface area contributed by atoms with Crippen LogP contribution in [-0.2, 0) is 28.6 Å². The fourth-order valence-electron chi connectivity index (χ4n) is 1.78. The summed E-state index contributed by atoms with van der Waals surface area (Å²) in [4.78, 5) is 50.7. The second-order valence-electron chi connectivity index (χ2n) is 7.87. The molecule has 0 unspecified atom stereocenters. The van der Waals surface area contributed by atoms with Crippen molar-refractivity contribution in [3.05, 3.63) is 0 Å². The molecule has 1 amide bonds. The minimum absolute atomic E-state index is 0.0757. The number of ketones is 1. The van der Waals surface area contributed by atoms with Crippen molar-refractivity contribution in [1.29, 1.82) is 5.53 Å². The van der Waals surface area contributed by atoms with Crippen LogP contribution in [0.15, 0.2) is 0 Å². The Kier molecular flexibility index (Phi) is 9.52. The first-order valence-corrected chi connectivity index (χ1v) is 8.84. The number of hydrogen-bond acceptors (Lipinski definition) is 8. The Morgan fingerprint density at radius 3 is 2.11 bits per heavy atom. The predicted octanol–water partition coefficient (Wildman–Crippen LogP) is 2.02. The lowest BCUT2D eigenvalue weighted by Gasteiger charge is -2.29. The van der Waals surface area contributed by atoms with Crippen LogP contribution < -0.4 is 5.32 Å². The van der Waals surface area contributed by atoms with Crippen molar-refractivity contribution < 1.29 is 38.2 Å². The number of hydrogen-bond donors (Lipinski definition) is 2. The summed E-state index contributed by atoms with van der Waals surface area (Å²) in [7, 11) is 0. The van der Waals surface area contributed by atoms with Gasteiger partial charge in [-0.15, -0.1) is 0 Å². The number of esters is 2. The smallest absolute Gasteiger partial charge is 0.411 e. The van der Waals surface area contributed by atoms with Gasteiger partial charge in [0.05, 0.1) is 21.8 Å². The highest BCUT2D eigenvalue weighted by atomic mass is 16.7. The predicted molar refractivity (Wildman–Crippen MR) is 97.5 cm³/mol. The molecule has 0 aromatic heterocycles. The van der Waals surface area contributed by atoms with Crippen molar-refractivity contribution in [1.82, 2.24) is 5.32 Å². The van der Waals surface area contributed by atoms with Crippen LogP contribution in [0.25, 0.3) is 0 Å². The number of ether oxygens (including phenoxy) is 3. The molecule has 0 aromatic carbocycles. The van der Waals surface area contributed by atoms with E-state index in [1.807, 2.05) is 0 Å². The summed E-state index contributed by atoms with van der Waals surface area (Å²) in [6.45, 7) is 11.0. The molecule has 10 heteroatoms. The maximum atomic E-state index is 12.2. The number of rotatable bonds is 9. The zero-order chi connectivity index (χ0) is 22.1. The van der Waals surface area contributed by atoms with Crippen molar-refractivity contribution in [3.8, 4) is 0 Å². The average Bonchev–Trinajstić information content (AvgIpc) is 2.48. The molecule has 0 aliphatic rings. The Labute approximate surface area is 164 Å². The third kappa shape index (κ3) is 10.4. The molecule has 28 heavy (non-hydrogen) atoms. The van der Waals surface area contributed by atoms with Gasteiger partial charge in [-0.3, -0.25) is 9.59 Å². The maximum Gasteiger partial charge on any atom is 0.411 e. The van der Waals surface area contributed by atoms with Gasteiger partial charge < -0.3 is 19.5 Å². The van der Waals surface area contributed by atoms with Crippen LogP contribution in [0.2, 0.25) is 0 Å². The molecule has 0 radical (unpaired) electrons. The summed E-state index contributed by atoms with van der Waals surface area (Å²) in [5.74, 6) is -3.37. The van der Waals surface area contributed by atoms with Crippen LogP contribution >= 0.6 is 0 Å². The minimum atomic E-state index is -1.57. The first kappa shape index (κ1) is 25.3. The number of amides is 1. The van der Waals surface area contributed by atoms with E-state index in [2.05, 4.69) is 10.1 Å². The van der Waals surface area contributed by atoms with E-state index < -0.39 is 47.2 Å². The first-order valence-electron chi connectivity index (χ1n) is 8.84. The molecule has 0 heterocycles. The van der Waals surface area contributed by atoms with Gasteiger partial charge in [0, 0.05) is 20.3 Å². The van der Waals surface area contributed by atoms with Gasteiger partial charge in [-0.1, -0.05) is 0 Å². The Morgan fingerprint density at radius 1 is 1.07 bits per heavy atom. The maximum absolute atomic E-state index is 12.2. The van der Waals surface area contributed by atoms with Gasteiger partial charge in [0.1, 0.15) is 6.04 Å². The summed E-state index contributed by atoms with van der Waals surface area (Å²) < 4.78 is 15.3. The van der Waals surface area contributed by atoms with Crippen LogP contribution in [0.1, 0.15) is 61.3 Å². The summed E-state index contributed by atoms with van der Waals surface area (Å²) in [6.07, 6.45) is -0.851. The molecule has 0 fully saturated rings. The Morgan fingerprint density at radius 2 is 1.64 bits per heavy atom. The summed E-state index contributed by atoms with van der Waals surface area (Å²) >= 11 is 0. The lowest BCUT2D eigenvalue weighted by molar-refractivity contribution is -0.203. The second-order valence-corrected chi connectivity index (χ2v) is 7.87. The van der Waals surface area contributed by atoms with Crippen LogP contribution in [-0.4, -0.2) is 52.8 Å². The summed E-state index contributed by atoms with van der Waals surface area (Å²) in [6, 6.07) is -1.16. The molecular formula is C18H30N3O7+. The van der Waals surface area contributed by atoms with E-state index in [9.17, 15) is 19.2 Å². The molecule has 10 nitrogen and oxygen atoms in total. The molecule has 0 rings (SSSR count). The van der Waals surface area contributed by atoms with Gasteiger partial charge in [-0.05, 0) is 41.0 Å². The standard InChI is InChI=1S/C18H29N3O7/c1-11(2)26-14(23)13(9-8-12(22)10-20-19)21-16(25)28-18(6,7)27-15(24)17(3,4)5/h10-11,13,19H,8-9H2,1-7H3/p+1/t13-/m0/s1. The summed E-state index contributed by atoms with van der Waals surface area (Å²) in [5, 5.41) is 2.32. The van der Waals surface area contributed by atoms with E-state index in [0.717, 1.165) is 6.21 Å². The highest BCUT2D eigenvalue weighted by Gasteiger charge is 2.34. The van der Waals surface area contributed by atoms with Crippen LogP contribution in [0, 0.1) is 10.9 Å². The number of carbonyl (C=O) groups is 4. The van der Waals surface area contributed by atoms with Crippen molar-refractivity contribution in [2.24, 2.45) is 5.41 Å². The van der Waals surface area contributed by atoms with Crippen molar-refractivity contribution in [3.63, 3.8) is 0 Å². The average molecular weight is 400 g/mol. The van der Waals surface area contributed by atoms with Crippen molar-refractivity contribution in [2.45, 2.75) is 79.2 Å². The number of nitrogens with zero attached hydrogens (tertiary/aromatic N) is 1. The zero-order valence-electron chi connectivity index (χ0n) is 17.5. The van der Waals surface area contributed by atoms with Crippen molar-refractivity contribution in [2.75, 3.05) is 0 Å². The third-order valence-electron chi connectivity index (χ3n) is 3.11. The number of alkyl carbamates (subject to hydrolysis) is 1. The lowest BCUT2D eigenvalue weighted by atomic mass is 9.97. The minimum Gasteiger partial charge on any atom is -0.461 e. The number of Topliss-reactive ketones (excluding diaryl/α,β-unsaturated/α-hetero) is 1. The zero-order valence-corrected chi connectivity index (χ0v) is 17.5. The third-order valence-corrected chi connectivity index (χ3v) is 3.11. The molecule has 0 bridgehead atoms. The van der Waals surface area contributed by atoms with Crippen LogP contribution in [0.4, 0.5) is 4.79 Å². The van der Waals surface area contributed by atoms with E-state index in [-0.39, 0.29) is 12.8 Å². The van der Waals surface area contributed by atoms with Gasteiger partial charge in [0.15, 0.2) is 0 Å². The molecule has 0 saturated heterocycles. The van der Waals surface area contributed by atoms with Gasteiger partial charge in [-0.2, -0.15) is 0 Å². The van der Waals surface area contributed by atoms with E-state index >= 15 is 0 Å². The topological polar surface area (TPSA) is 146 Å². The molecule has 2 N–H and O–H groups in total. The molecule has 0 spiro atoms. The Hall–Kier alpha value is -2.74. The monoisotopic (exact) mass is 400 g/mol. The van der Waals surface area contributed by atoms with Gasteiger partial charge in [-0.25, -0.2) is 9.59 Å². The lowest BCUT2D eigenvalue weighted by Crippen LogP contribution is -2.47. The molecule has 0 saturated carbocycles. The van der Waals surface area contributed by atoms with Gasteiger partial charge >= 0.3 is 24.2 Å². The number of nitrogens with one attached hydrogen (secondary N) is 2. The van der Waals surface area contributed by atoms with Gasteiger partial charge in [0.2, 0.25) is 5.78 Å². The van der Waals surface area contributed by atoms with E-state index in [4.69, 9.17) is 19.7 Å². The molecule has 158 valence electrons. The van der Waals surface area contributed by atoms with Gasteiger partial charge in [0.25, 0.3) is 5.79 Å². The van der Waals surface area contributed by atoms with Crippen LogP contribution in [0.5, 0.6) is 0 Å². The highest BCUT2D eigenvalue weighted by Crippen LogP contribution is 2.21. The molecule has 0 aliphatic carbocycles. The van der Waals surface area contributed by atoms with Crippen molar-refractivity contribution >= 4 is 30.0 Å². The fourth-order valence-corrected chi connectivity index (χ4v) is 1.78. The SMILES string of the molecule is CC(C)OC(=O)[C@H](CCC(=O)C=[N+]=N)NC(=O)OC(C)(C)OC(=O)C(C)(C)C. The molecular weight excluding hydrogens is 370 g/mol. The largest absolute Gasteiger partial charge is 0.461 e. The normalized spacial score (nSPS) is 12.4. The fraction of sp³-hybridized carbons (Fsp3) is 0.722. The van der Waals surface area contributed by atoms with E-state index in [1.54, 1.807) is 34.6 Å². The van der Waals surface area contributed by atoms with E-state index in [0.29, 0.717) is 0 Å². The molecule has 0 aliphatic heterocycles. The quantitative estimate of drug-likeness (QED) is 0.198. The molecule has 0 aromatic rings. The second kappa shape index (κ2) is 10.6. The highest BCUT2D eigenvalue weighted by molar-refractivity contribution is 6.25.